The molecular weight excluding hydrogens is 241 g/mol. The second-order valence-electron chi connectivity index (χ2n) is 3.35. The molecule has 1 aromatic heterocycles. The second kappa shape index (κ2) is 5.33. The lowest BCUT2D eigenvalue weighted by atomic mass is 10.2. The zero-order valence-corrected chi connectivity index (χ0v) is 10.4. The van der Waals surface area contributed by atoms with Gasteiger partial charge in [0.05, 0.1) is 5.02 Å². The molecule has 1 atom stereocenters. The molecule has 0 aliphatic carbocycles. The van der Waals surface area contributed by atoms with Gasteiger partial charge in [0.1, 0.15) is 10.4 Å². The molecule has 14 heavy (non-hydrogen) atoms. The summed E-state index contributed by atoms with van der Waals surface area (Å²) < 4.78 is 0.533. The van der Waals surface area contributed by atoms with Crippen molar-refractivity contribution < 1.29 is 5.11 Å². The summed E-state index contributed by atoms with van der Waals surface area (Å²) in [7, 11) is 0. The molecule has 0 saturated heterocycles. The van der Waals surface area contributed by atoms with E-state index < -0.39 is 6.10 Å². The molecule has 1 rings (SSSR count). The quantitative estimate of drug-likeness (QED) is 0.865. The van der Waals surface area contributed by atoms with Gasteiger partial charge in [-0.1, -0.05) is 37.0 Å². The third kappa shape index (κ3) is 3.41. The van der Waals surface area contributed by atoms with Crippen LogP contribution in [0.4, 0.5) is 0 Å². The Bertz CT molecular complexity index is 282. The van der Waals surface area contributed by atoms with Gasteiger partial charge in [0.2, 0.25) is 0 Å². The second-order valence-corrected chi connectivity index (χ2v) is 5.44. The Morgan fingerprint density at radius 3 is 2.57 bits per heavy atom. The molecule has 2 nitrogen and oxygen atoms in total. The van der Waals surface area contributed by atoms with Gasteiger partial charge in [-0.15, -0.1) is 11.3 Å². The number of thiophene rings is 1. The van der Waals surface area contributed by atoms with Crippen molar-refractivity contribution in [1.29, 1.82) is 0 Å². The normalized spacial score (nSPS) is 13.6. The van der Waals surface area contributed by atoms with Crippen LogP contribution < -0.4 is 5.32 Å². The molecule has 1 aromatic rings. The lowest BCUT2D eigenvalue weighted by Gasteiger charge is -2.12. The monoisotopic (exact) mass is 253 g/mol. The van der Waals surface area contributed by atoms with Gasteiger partial charge in [0.15, 0.2) is 0 Å². The van der Waals surface area contributed by atoms with Crippen molar-refractivity contribution in [2.75, 3.05) is 6.54 Å². The lowest BCUT2D eigenvalue weighted by Crippen LogP contribution is -2.27. The minimum Gasteiger partial charge on any atom is -0.386 e. The van der Waals surface area contributed by atoms with Crippen LogP contribution in [0.25, 0.3) is 0 Å². The van der Waals surface area contributed by atoms with Crippen molar-refractivity contribution in [3.63, 3.8) is 0 Å². The topological polar surface area (TPSA) is 32.3 Å². The number of hydrogen-bond donors (Lipinski definition) is 2. The molecule has 0 spiro atoms. The molecule has 0 bridgehead atoms. The number of rotatable bonds is 4. The largest absolute Gasteiger partial charge is 0.386 e. The van der Waals surface area contributed by atoms with Crippen molar-refractivity contribution >= 4 is 34.5 Å². The fraction of sp³-hybridized carbons (Fsp3) is 0.556. The number of nitrogens with one attached hydrogen (secondary N) is 1. The summed E-state index contributed by atoms with van der Waals surface area (Å²) in [5, 5.41) is 13.4. The summed E-state index contributed by atoms with van der Waals surface area (Å²) in [4.78, 5) is 0.799. The van der Waals surface area contributed by atoms with E-state index >= 15 is 0 Å². The minimum absolute atomic E-state index is 0.357. The van der Waals surface area contributed by atoms with Crippen molar-refractivity contribution in [3.05, 3.63) is 20.3 Å². The van der Waals surface area contributed by atoms with Crippen LogP contribution in [0.1, 0.15) is 24.8 Å². The first-order valence-corrected chi connectivity index (χ1v) is 5.94. The number of aliphatic hydroxyl groups is 1. The maximum atomic E-state index is 9.74. The molecule has 0 aromatic carbocycles. The van der Waals surface area contributed by atoms with Crippen LogP contribution in [0.2, 0.25) is 9.36 Å². The molecule has 0 aliphatic heterocycles. The predicted octanol–water partition coefficient (Wildman–Crippen LogP) is 3.09. The van der Waals surface area contributed by atoms with E-state index in [1.165, 1.54) is 11.3 Å². The number of halogens is 2. The van der Waals surface area contributed by atoms with Gasteiger partial charge >= 0.3 is 0 Å². The lowest BCUT2D eigenvalue weighted by molar-refractivity contribution is 0.175. The average molecular weight is 254 g/mol. The predicted molar refractivity (Wildman–Crippen MR) is 62.4 cm³/mol. The van der Waals surface area contributed by atoms with E-state index in [0.717, 1.165) is 4.88 Å². The van der Waals surface area contributed by atoms with E-state index in [4.69, 9.17) is 23.2 Å². The number of hydrogen-bond acceptors (Lipinski definition) is 3. The maximum absolute atomic E-state index is 9.74. The molecule has 0 fully saturated rings. The van der Waals surface area contributed by atoms with Crippen LogP contribution in [0.15, 0.2) is 6.07 Å². The Hall–Kier alpha value is 0.200. The van der Waals surface area contributed by atoms with E-state index in [1.807, 2.05) is 13.8 Å². The van der Waals surface area contributed by atoms with Crippen molar-refractivity contribution in [3.8, 4) is 0 Å². The Balaban J connectivity index is 2.56. The maximum Gasteiger partial charge on any atom is 0.112 e. The van der Waals surface area contributed by atoms with E-state index in [2.05, 4.69) is 5.32 Å². The van der Waals surface area contributed by atoms with Crippen LogP contribution in [0, 0.1) is 0 Å². The zero-order chi connectivity index (χ0) is 10.7. The van der Waals surface area contributed by atoms with Crippen LogP contribution in [-0.4, -0.2) is 17.7 Å². The molecule has 0 aliphatic rings. The fourth-order valence-corrected chi connectivity index (χ4v) is 2.35. The van der Waals surface area contributed by atoms with Crippen LogP contribution in [0.5, 0.6) is 0 Å². The summed E-state index contributed by atoms with van der Waals surface area (Å²) in [5.41, 5.74) is 0. The van der Waals surface area contributed by atoms with Gasteiger partial charge in [-0.2, -0.15) is 0 Å². The molecule has 5 heteroatoms. The van der Waals surface area contributed by atoms with Gasteiger partial charge in [0.25, 0.3) is 0 Å². The first-order valence-electron chi connectivity index (χ1n) is 4.37. The molecule has 80 valence electrons. The summed E-state index contributed by atoms with van der Waals surface area (Å²) >= 11 is 12.9. The highest BCUT2D eigenvalue weighted by Gasteiger charge is 2.13. The highest BCUT2D eigenvalue weighted by atomic mass is 35.5. The molecule has 0 saturated carbocycles. The first-order chi connectivity index (χ1) is 6.50. The Morgan fingerprint density at radius 2 is 2.14 bits per heavy atom. The van der Waals surface area contributed by atoms with E-state index in [-0.39, 0.29) is 0 Å². The van der Waals surface area contributed by atoms with E-state index in [1.54, 1.807) is 6.07 Å². The summed E-state index contributed by atoms with van der Waals surface area (Å²) in [6, 6.07) is 2.07. The van der Waals surface area contributed by atoms with Gasteiger partial charge in [-0.3, -0.25) is 0 Å². The van der Waals surface area contributed by atoms with Gasteiger partial charge in [0, 0.05) is 17.5 Å². The van der Waals surface area contributed by atoms with Crippen LogP contribution in [-0.2, 0) is 0 Å². The molecule has 0 amide bonds. The highest BCUT2D eigenvalue weighted by Crippen LogP contribution is 2.34. The Labute approximate surface area is 97.8 Å². The van der Waals surface area contributed by atoms with Crippen molar-refractivity contribution in [1.82, 2.24) is 5.32 Å². The standard InChI is InChI=1S/C9H13Cl2NOS/c1-5(2)12-4-7(13)8-3-6(10)9(11)14-8/h3,5,7,12-13H,4H2,1-2H3. The number of aliphatic hydroxyl groups excluding tert-OH is 1. The first kappa shape index (κ1) is 12.3. The average Bonchev–Trinajstić information content (AvgIpc) is 2.43. The zero-order valence-electron chi connectivity index (χ0n) is 8.05. The van der Waals surface area contributed by atoms with Gasteiger partial charge < -0.3 is 10.4 Å². The van der Waals surface area contributed by atoms with Crippen LogP contribution in [0.3, 0.4) is 0 Å². The molecule has 2 N–H and O–H groups in total. The van der Waals surface area contributed by atoms with Gasteiger partial charge in [-0.05, 0) is 6.07 Å². The Kier molecular flexibility index (Phi) is 4.67. The summed E-state index contributed by atoms with van der Waals surface area (Å²) in [5.74, 6) is 0. The third-order valence-corrected chi connectivity index (χ3v) is 3.68. The summed E-state index contributed by atoms with van der Waals surface area (Å²) in [6.07, 6.45) is -0.535. The third-order valence-electron chi connectivity index (χ3n) is 1.71. The van der Waals surface area contributed by atoms with Crippen LogP contribution >= 0.6 is 34.5 Å². The van der Waals surface area contributed by atoms with Crippen molar-refractivity contribution in [2.24, 2.45) is 0 Å². The highest BCUT2D eigenvalue weighted by molar-refractivity contribution is 7.17. The molecule has 1 heterocycles. The smallest absolute Gasteiger partial charge is 0.112 e. The van der Waals surface area contributed by atoms with Gasteiger partial charge in [-0.25, -0.2) is 0 Å². The Morgan fingerprint density at radius 1 is 1.50 bits per heavy atom. The van der Waals surface area contributed by atoms with E-state index in [0.29, 0.717) is 21.9 Å². The molecule has 1 unspecified atom stereocenters. The SMILES string of the molecule is CC(C)NCC(O)c1cc(Cl)c(Cl)s1. The molecule has 0 radical (unpaired) electrons. The van der Waals surface area contributed by atoms with Crippen molar-refractivity contribution in [2.45, 2.75) is 26.0 Å². The molecular formula is C9H13Cl2NOS. The minimum atomic E-state index is -0.535. The fourth-order valence-electron chi connectivity index (χ4n) is 0.975. The summed E-state index contributed by atoms with van der Waals surface area (Å²) in [6.45, 7) is 4.58. The van der Waals surface area contributed by atoms with E-state index in [9.17, 15) is 5.11 Å².